The molecule has 0 radical (unpaired) electrons. The number of hydrogen-bond acceptors (Lipinski definition) is 2. The van der Waals surface area contributed by atoms with Gasteiger partial charge in [-0.15, -0.1) is 0 Å². The SMILES string of the molecule is OC1(CCN2CCCCC2)CCC1. The maximum atomic E-state index is 9.91. The summed E-state index contributed by atoms with van der Waals surface area (Å²) < 4.78 is 0. The number of nitrogens with zero attached hydrogens (tertiary/aromatic N) is 1. The zero-order valence-corrected chi connectivity index (χ0v) is 8.47. The fourth-order valence-corrected chi connectivity index (χ4v) is 2.38. The van der Waals surface area contributed by atoms with E-state index >= 15 is 0 Å². The smallest absolute Gasteiger partial charge is 0.0660 e. The molecular formula is C11H21NO. The highest BCUT2D eigenvalue weighted by molar-refractivity contribution is 4.88. The predicted molar refractivity (Wildman–Crippen MR) is 53.7 cm³/mol. The molecule has 0 bridgehead atoms. The van der Waals surface area contributed by atoms with Gasteiger partial charge in [0, 0.05) is 6.54 Å². The molecule has 2 heteroatoms. The molecule has 13 heavy (non-hydrogen) atoms. The number of piperidine rings is 1. The Labute approximate surface area is 80.9 Å². The zero-order chi connectivity index (χ0) is 9.15. The van der Waals surface area contributed by atoms with Crippen LogP contribution in [0.1, 0.15) is 44.9 Å². The van der Waals surface area contributed by atoms with Crippen molar-refractivity contribution in [2.75, 3.05) is 19.6 Å². The van der Waals surface area contributed by atoms with Gasteiger partial charge in [-0.1, -0.05) is 6.42 Å². The molecule has 0 atom stereocenters. The van der Waals surface area contributed by atoms with Crippen molar-refractivity contribution in [3.8, 4) is 0 Å². The van der Waals surface area contributed by atoms with Crippen LogP contribution in [-0.4, -0.2) is 35.2 Å². The second-order valence-electron chi connectivity index (χ2n) is 4.73. The average molecular weight is 183 g/mol. The van der Waals surface area contributed by atoms with E-state index in [1.165, 1.54) is 38.8 Å². The van der Waals surface area contributed by atoms with E-state index in [-0.39, 0.29) is 5.60 Å². The number of aliphatic hydroxyl groups is 1. The lowest BCUT2D eigenvalue weighted by Crippen LogP contribution is -2.41. The summed E-state index contributed by atoms with van der Waals surface area (Å²) >= 11 is 0. The summed E-state index contributed by atoms with van der Waals surface area (Å²) in [6.45, 7) is 3.64. The van der Waals surface area contributed by atoms with Crippen LogP contribution in [0.15, 0.2) is 0 Å². The van der Waals surface area contributed by atoms with Crippen LogP contribution < -0.4 is 0 Å². The zero-order valence-electron chi connectivity index (χ0n) is 8.47. The summed E-state index contributed by atoms with van der Waals surface area (Å²) in [6, 6.07) is 0. The highest BCUT2D eigenvalue weighted by Crippen LogP contribution is 2.34. The van der Waals surface area contributed by atoms with Crippen molar-refractivity contribution in [3.63, 3.8) is 0 Å². The van der Waals surface area contributed by atoms with E-state index in [4.69, 9.17) is 0 Å². The molecule has 1 saturated carbocycles. The molecule has 2 nitrogen and oxygen atoms in total. The van der Waals surface area contributed by atoms with Crippen molar-refractivity contribution in [3.05, 3.63) is 0 Å². The van der Waals surface area contributed by atoms with Gasteiger partial charge in [0.1, 0.15) is 0 Å². The molecule has 0 spiro atoms. The van der Waals surface area contributed by atoms with Crippen molar-refractivity contribution in [1.82, 2.24) is 4.90 Å². The Balaban J connectivity index is 1.66. The van der Waals surface area contributed by atoms with Gasteiger partial charge in [0.25, 0.3) is 0 Å². The van der Waals surface area contributed by atoms with E-state index in [0.717, 1.165) is 25.8 Å². The Morgan fingerprint density at radius 3 is 2.23 bits per heavy atom. The van der Waals surface area contributed by atoms with Gasteiger partial charge in [0.15, 0.2) is 0 Å². The Morgan fingerprint density at radius 1 is 1.00 bits per heavy atom. The molecule has 1 heterocycles. The van der Waals surface area contributed by atoms with Crippen LogP contribution in [0.3, 0.4) is 0 Å². The van der Waals surface area contributed by atoms with Gasteiger partial charge in [0.05, 0.1) is 5.60 Å². The second kappa shape index (κ2) is 3.97. The third kappa shape index (κ3) is 2.44. The van der Waals surface area contributed by atoms with E-state index in [9.17, 15) is 5.11 Å². The lowest BCUT2D eigenvalue weighted by Gasteiger charge is -2.38. The van der Waals surface area contributed by atoms with E-state index < -0.39 is 0 Å². The number of hydrogen-bond donors (Lipinski definition) is 1. The van der Waals surface area contributed by atoms with Crippen molar-refractivity contribution in [2.24, 2.45) is 0 Å². The summed E-state index contributed by atoms with van der Waals surface area (Å²) in [6.07, 6.45) is 8.45. The predicted octanol–water partition coefficient (Wildman–Crippen LogP) is 1.78. The molecule has 1 N–H and O–H groups in total. The van der Waals surface area contributed by atoms with Gasteiger partial charge in [-0.3, -0.25) is 0 Å². The van der Waals surface area contributed by atoms with Crippen molar-refractivity contribution in [2.45, 2.75) is 50.5 Å². The molecule has 2 fully saturated rings. The molecule has 1 aliphatic heterocycles. The monoisotopic (exact) mass is 183 g/mol. The van der Waals surface area contributed by atoms with Crippen LogP contribution in [0, 0.1) is 0 Å². The highest BCUT2D eigenvalue weighted by atomic mass is 16.3. The normalized spacial score (nSPS) is 28.4. The van der Waals surface area contributed by atoms with Crippen LogP contribution in [-0.2, 0) is 0 Å². The van der Waals surface area contributed by atoms with Gasteiger partial charge in [0.2, 0.25) is 0 Å². The minimum absolute atomic E-state index is 0.266. The fraction of sp³-hybridized carbons (Fsp3) is 1.00. The Hall–Kier alpha value is -0.0800. The molecule has 0 aromatic heterocycles. The first-order chi connectivity index (χ1) is 6.29. The van der Waals surface area contributed by atoms with Crippen LogP contribution in [0.25, 0.3) is 0 Å². The minimum Gasteiger partial charge on any atom is -0.390 e. The molecule has 0 amide bonds. The van der Waals surface area contributed by atoms with Crippen molar-refractivity contribution < 1.29 is 5.11 Å². The first-order valence-corrected chi connectivity index (χ1v) is 5.73. The van der Waals surface area contributed by atoms with Gasteiger partial charge in [-0.25, -0.2) is 0 Å². The van der Waals surface area contributed by atoms with Crippen LogP contribution >= 0.6 is 0 Å². The maximum absolute atomic E-state index is 9.91. The molecule has 2 aliphatic rings. The van der Waals surface area contributed by atoms with Crippen molar-refractivity contribution in [1.29, 1.82) is 0 Å². The molecule has 1 aliphatic carbocycles. The lowest BCUT2D eigenvalue weighted by atomic mass is 9.78. The Bertz CT molecular complexity index is 159. The summed E-state index contributed by atoms with van der Waals surface area (Å²) in [5, 5.41) is 9.91. The van der Waals surface area contributed by atoms with Crippen LogP contribution in [0.4, 0.5) is 0 Å². The van der Waals surface area contributed by atoms with E-state index in [1.807, 2.05) is 0 Å². The summed E-state index contributed by atoms with van der Waals surface area (Å²) in [5.74, 6) is 0. The Kier molecular flexibility index (Phi) is 2.89. The average Bonchev–Trinajstić information content (AvgIpc) is 2.13. The fourth-order valence-electron chi connectivity index (χ4n) is 2.38. The molecule has 2 rings (SSSR count). The maximum Gasteiger partial charge on any atom is 0.0660 e. The van der Waals surface area contributed by atoms with Gasteiger partial charge in [-0.2, -0.15) is 0 Å². The van der Waals surface area contributed by atoms with E-state index in [1.54, 1.807) is 0 Å². The second-order valence-corrected chi connectivity index (χ2v) is 4.73. The minimum atomic E-state index is -0.266. The van der Waals surface area contributed by atoms with Gasteiger partial charge < -0.3 is 10.0 Å². The van der Waals surface area contributed by atoms with Gasteiger partial charge >= 0.3 is 0 Å². The number of rotatable bonds is 3. The molecular weight excluding hydrogens is 162 g/mol. The Morgan fingerprint density at radius 2 is 1.69 bits per heavy atom. The summed E-state index contributed by atoms with van der Waals surface area (Å²) in [5.41, 5.74) is -0.266. The third-order valence-corrected chi connectivity index (χ3v) is 3.63. The molecule has 76 valence electrons. The third-order valence-electron chi connectivity index (χ3n) is 3.63. The molecule has 1 saturated heterocycles. The summed E-state index contributed by atoms with van der Waals surface area (Å²) in [7, 11) is 0. The largest absolute Gasteiger partial charge is 0.390 e. The standard InChI is InChI=1S/C11H21NO/c13-11(5-4-6-11)7-10-12-8-2-1-3-9-12/h13H,1-10H2. The van der Waals surface area contributed by atoms with Crippen LogP contribution in [0.5, 0.6) is 0 Å². The molecule has 0 aromatic carbocycles. The van der Waals surface area contributed by atoms with E-state index in [2.05, 4.69) is 4.90 Å². The summed E-state index contributed by atoms with van der Waals surface area (Å²) in [4.78, 5) is 2.51. The first kappa shape index (κ1) is 9.47. The molecule has 0 aromatic rings. The van der Waals surface area contributed by atoms with Crippen LogP contribution in [0.2, 0.25) is 0 Å². The lowest BCUT2D eigenvalue weighted by molar-refractivity contribution is -0.0471. The first-order valence-electron chi connectivity index (χ1n) is 5.73. The van der Waals surface area contributed by atoms with Crippen molar-refractivity contribution >= 4 is 0 Å². The quantitative estimate of drug-likeness (QED) is 0.721. The van der Waals surface area contributed by atoms with E-state index in [0.29, 0.717) is 0 Å². The highest BCUT2D eigenvalue weighted by Gasteiger charge is 2.34. The van der Waals surface area contributed by atoms with Gasteiger partial charge in [-0.05, 0) is 51.6 Å². The number of likely N-dealkylation sites (tertiary alicyclic amines) is 1. The molecule has 0 unspecified atom stereocenters. The topological polar surface area (TPSA) is 23.5 Å².